The van der Waals surface area contributed by atoms with Gasteiger partial charge in [0.15, 0.2) is 11.4 Å². The lowest BCUT2D eigenvalue weighted by molar-refractivity contribution is -0.136. The molecule has 136 valence electrons. The molecule has 0 bridgehead atoms. The zero-order chi connectivity index (χ0) is 18.1. The number of aliphatic hydroxyl groups is 1. The quantitative estimate of drug-likeness (QED) is 0.835. The van der Waals surface area contributed by atoms with E-state index in [4.69, 9.17) is 4.42 Å². The minimum Gasteiger partial charge on any atom is -0.461 e. The third-order valence-corrected chi connectivity index (χ3v) is 5.24. The molecule has 1 N–H and O–H groups in total. The van der Waals surface area contributed by atoms with Gasteiger partial charge in [-0.2, -0.15) is 0 Å². The van der Waals surface area contributed by atoms with Gasteiger partial charge in [-0.05, 0) is 44.1 Å². The fourth-order valence-electron chi connectivity index (χ4n) is 3.88. The Morgan fingerprint density at radius 3 is 2.62 bits per heavy atom. The highest BCUT2D eigenvalue weighted by atomic mass is 16.3. The number of Topliss-reactive ketones (excluding diaryl/α,β-unsaturated/α-hetero) is 1. The first kappa shape index (κ1) is 17.0. The third-order valence-electron chi connectivity index (χ3n) is 5.24. The van der Waals surface area contributed by atoms with Gasteiger partial charge in [0.25, 0.3) is 5.91 Å². The molecule has 1 amide bonds. The maximum Gasteiger partial charge on any atom is 0.265 e. The number of hydrogen-bond acceptors (Lipinski definition) is 5. The van der Waals surface area contributed by atoms with Crippen LogP contribution in [0, 0.1) is 0 Å². The Kier molecular flexibility index (Phi) is 4.38. The molecule has 26 heavy (non-hydrogen) atoms. The minimum atomic E-state index is -1.85. The first-order valence-corrected chi connectivity index (χ1v) is 9.02. The van der Waals surface area contributed by atoms with Crippen molar-refractivity contribution in [2.45, 2.75) is 31.3 Å². The zero-order valence-corrected chi connectivity index (χ0v) is 14.6. The molecule has 4 rings (SSSR count). The number of anilines is 1. The second-order valence-electron chi connectivity index (χ2n) is 7.01. The molecule has 6 nitrogen and oxygen atoms in total. The first-order valence-electron chi connectivity index (χ1n) is 9.02. The van der Waals surface area contributed by atoms with Crippen LogP contribution in [0.3, 0.4) is 0 Å². The van der Waals surface area contributed by atoms with Crippen molar-refractivity contribution < 1.29 is 19.1 Å². The van der Waals surface area contributed by atoms with Crippen molar-refractivity contribution in [2.75, 3.05) is 24.7 Å². The monoisotopic (exact) mass is 354 g/mol. The van der Waals surface area contributed by atoms with Crippen LogP contribution in [0.15, 0.2) is 47.1 Å². The molecule has 0 spiro atoms. The van der Waals surface area contributed by atoms with E-state index in [1.807, 2.05) is 12.1 Å². The van der Waals surface area contributed by atoms with E-state index in [9.17, 15) is 14.7 Å². The molecular weight excluding hydrogens is 332 g/mol. The maximum absolute atomic E-state index is 13.1. The molecule has 1 saturated heterocycles. The Morgan fingerprint density at radius 1 is 1.12 bits per heavy atom. The zero-order valence-electron chi connectivity index (χ0n) is 14.6. The molecule has 1 atom stereocenters. The van der Waals surface area contributed by atoms with E-state index in [-0.39, 0.29) is 18.0 Å². The van der Waals surface area contributed by atoms with Gasteiger partial charge in [0.2, 0.25) is 5.78 Å². The fourth-order valence-corrected chi connectivity index (χ4v) is 3.88. The van der Waals surface area contributed by atoms with Crippen molar-refractivity contribution >= 4 is 17.4 Å². The molecule has 2 aliphatic rings. The van der Waals surface area contributed by atoms with Gasteiger partial charge in [0.1, 0.15) is 0 Å². The average Bonchev–Trinajstić information content (AvgIpc) is 3.26. The number of fused-ring (bicyclic) bond motifs is 1. The van der Waals surface area contributed by atoms with Crippen LogP contribution in [-0.2, 0) is 10.4 Å². The minimum absolute atomic E-state index is 0.151. The van der Waals surface area contributed by atoms with Gasteiger partial charge in [0.05, 0.1) is 25.0 Å². The number of likely N-dealkylation sites (tertiary alicyclic amines) is 1. The fraction of sp³-hybridized carbons (Fsp3) is 0.400. The van der Waals surface area contributed by atoms with E-state index in [0.29, 0.717) is 17.9 Å². The predicted octanol–water partition coefficient (Wildman–Crippen LogP) is 2.53. The van der Waals surface area contributed by atoms with Crippen LogP contribution in [0.2, 0.25) is 0 Å². The molecular formula is C20H22N2O4. The number of rotatable bonds is 5. The van der Waals surface area contributed by atoms with Crippen LogP contribution in [0.25, 0.3) is 0 Å². The Morgan fingerprint density at radius 2 is 1.88 bits per heavy atom. The lowest BCUT2D eigenvalue weighted by atomic mass is 9.89. The van der Waals surface area contributed by atoms with Crippen LogP contribution in [-0.4, -0.2) is 41.5 Å². The second kappa shape index (κ2) is 6.70. The van der Waals surface area contributed by atoms with Crippen molar-refractivity contribution in [3.05, 3.63) is 54.0 Å². The number of furan rings is 1. The topological polar surface area (TPSA) is 74.0 Å². The molecule has 2 aliphatic heterocycles. The molecule has 3 heterocycles. The largest absolute Gasteiger partial charge is 0.461 e. The number of ketones is 1. The van der Waals surface area contributed by atoms with Crippen molar-refractivity contribution in [1.29, 1.82) is 0 Å². The lowest BCUT2D eigenvalue weighted by Crippen LogP contribution is -2.47. The van der Waals surface area contributed by atoms with Crippen LogP contribution < -0.4 is 4.90 Å². The summed E-state index contributed by atoms with van der Waals surface area (Å²) in [5.41, 5.74) is -0.685. The van der Waals surface area contributed by atoms with Crippen LogP contribution >= 0.6 is 0 Å². The Hall–Kier alpha value is -2.44. The molecule has 6 heteroatoms. The summed E-state index contributed by atoms with van der Waals surface area (Å²) in [5, 5.41) is 11.2. The van der Waals surface area contributed by atoms with Crippen LogP contribution in [0.4, 0.5) is 5.69 Å². The highest BCUT2D eigenvalue weighted by molar-refractivity contribution is 6.10. The number of carbonyl (C=O) groups excluding carboxylic acids is 2. The summed E-state index contributed by atoms with van der Waals surface area (Å²) in [6.07, 6.45) is 4.52. The van der Waals surface area contributed by atoms with Crippen molar-refractivity contribution in [3.8, 4) is 0 Å². The highest BCUT2D eigenvalue weighted by Crippen LogP contribution is 2.43. The van der Waals surface area contributed by atoms with Crippen molar-refractivity contribution in [3.63, 3.8) is 0 Å². The van der Waals surface area contributed by atoms with Gasteiger partial charge in [-0.15, -0.1) is 0 Å². The Labute approximate surface area is 152 Å². The second-order valence-corrected chi connectivity index (χ2v) is 7.01. The summed E-state index contributed by atoms with van der Waals surface area (Å²) >= 11 is 0. The van der Waals surface area contributed by atoms with E-state index in [0.717, 1.165) is 25.9 Å². The summed E-state index contributed by atoms with van der Waals surface area (Å²) in [4.78, 5) is 29.4. The summed E-state index contributed by atoms with van der Waals surface area (Å²) < 4.78 is 5.13. The normalized spacial score (nSPS) is 23.3. The molecule has 1 aromatic carbocycles. The predicted molar refractivity (Wildman–Crippen MR) is 95.8 cm³/mol. The summed E-state index contributed by atoms with van der Waals surface area (Å²) in [5.74, 6) is -0.678. The SMILES string of the molecule is O=C(C[C@@]1(O)C(=O)N(CN2CCCCC2)c2ccccc21)c1ccco1. The van der Waals surface area contributed by atoms with E-state index in [1.54, 1.807) is 29.2 Å². The smallest absolute Gasteiger partial charge is 0.265 e. The number of hydrogen-bond donors (Lipinski definition) is 1. The van der Waals surface area contributed by atoms with Gasteiger partial charge in [-0.1, -0.05) is 24.6 Å². The molecule has 2 aromatic rings. The molecule has 1 fully saturated rings. The van der Waals surface area contributed by atoms with Gasteiger partial charge < -0.3 is 9.52 Å². The third kappa shape index (κ3) is 2.85. The average molecular weight is 354 g/mol. The molecule has 0 unspecified atom stereocenters. The van der Waals surface area contributed by atoms with Gasteiger partial charge in [0, 0.05) is 5.56 Å². The summed E-state index contributed by atoms with van der Waals surface area (Å²) in [6, 6.07) is 10.3. The molecule has 0 radical (unpaired) electrons. The number of piperidine rings is 1. The number of amides is 1. The van der Waals surface area contributed by atoms with Crippen molar-refractivity contribution in [2.24, 2.45) is 0 Å². The van der Waals surface area contributed by atoms with E-state index < -0.39 is 11.5 Å². The molecule has 0 aliphatic carbocycles. The number of benzene rings is 1. The maximum atomic E-state index is 13.1. The van der Waals surface area contributed by atoms with E-state index in [1.165, 1.54) is 12.7 Å². The molecule has 1 aromatic heterocycles. The van der Waals surface area contributed by atoms with E-state index >= 15 is 0 Å². The first-order chi connectivity index (χ1) is 12.6. The van der Waals surface area contributed by atoms with Crippen LogP contribution in [0.5, 0.6) is 0 Å². The molecule has 0 saturated carbocycles. The number of nitrogens with zero attached hydrogens (tertiary/aromatic N) is 2. The van der Waals surface area contributed by atoms with Gasteiger partial charge >= 0.3 is 0 Å². The number of carbonyl (C=O) groups is 2. The lowest BCUT2D eigenvalue weighted by Gasteiger charge is -2.31. The van der Waals surface area contributed by atoms with Gasteiger partial charge in [-0.25, -0.2) is 0 Å². The summed E-state index contributed by atoms with van der Waals surface area (Å²) in [6.45, 7) is 2.32. The van der Waals surface area contributed by atoms with Crippen molar-refractivity contribution in [1.82, 2.24) is 4.90 Å². The standard InChI is InChI=1S/C20H22N2O4/c23-17(18-9-6-12-26-18)13-20(25)15-7-2-3-8-16(15)22(19(20)24)14-21-10-4-1-5-11-21/h2-3,6-9,12,25H,1,4-5,10-11,13-14H2/t20-/m0/s1. The Balaban J connectivity index is 1.63. The summed E-state index contributed by atoms with van der Waals surface area (Å²) in [7, 11) is 0. The van der Waals surface area contributed by atoms with E-state index in [2.05, 4.69) is 4.90 Å². The van der Waals surface area contributed by atoms with Crippen LogP contribution in [0.1, 0.15) is 41.8 Å². The highest BCUT2D eigenvalue weighted by Gasteiger charge is 2.51. The van der Waals surface area contributed by atoms with Gasteiger partial charge in [-0.3, -0.25) is 19.4 Å². The number of para-hydroxylation sites is 1. The Bertz CT molecular complexity index is 811.